The van der Waals surface area contributed by atoms with Crippen LogP contribution in [0.4, 0.5) is 0 Å². The topological polar surface area (TPSA) is 104 Å². The van der Waals surface area contributed by atoms with Crippen LogP contribution >= 0.6 is 0 Å². The van der Waals surface area contributed by atoms with Crippen molar-refractivity contribution in [3.8, 4) is 0 Å². The summed E-state index contributed by atoms with van der Waals surface area (Å²) < 4.78 is 5.09. The second-order valence-corrected chi connectivity index (χ2v) is 7.89. The average molecular weight is 385 g/mol. The lowest BCUT2D eigenvalue weighted by molar-refractivity contribution is -0.137. The van der Waals surface area contributed by atoms with Gasteiger partial charge in [-0.3, -0.25) is 14.7 Å². The highest BCUT2D eigenvalue weighted by molar-refractivity contribution is 5.93. The second-order valence-electron chi connectivity index (χ2n) is 7.89. The van der Waals surface area contributed by atoms with Gasteiger partial charge in [0.2, 0.25) is 5.91 Å². The third-order valence-corrected chi connectivity index (χ3v) is 6.14. The molecule has 0 atom stereocenters. The summed E-state index contributed by atoms with van der Waals surface area (Å²) >= 11 is 0. The second kappa shape index (κ2) is 8.16. The molecule has 0 unspecified atom stereocenters. The first-order valence-electron chi connectivity index (χ1n) is 10.1. The average Bonchev–Trinajstić information content (AvgIpc) is 3.40. The van der Waals surface area contributed by atoms with E-state index in [2.05, 4.69) is 20.5 Å². The van der Waals surface area contributed by atoms with Gasteiger partial charge in [0, 0.05) is 42.9 Å². The first kappa shape index (κ1) is 18.7. The van der Waals surface area contributed by atoms with Gasteiger partial charge in [0.1, 0.15) is 5.76 Å². The van der Waals surface area contributed by atoms with Crippen LogP contribution in [-0.2, 0) is 4.79 Å². The minimum Gasteiger partial charge on any atom is -0.448 e. The van der Waals surface area contributed by atoms with Gasteiger partial charge in [-0.2, -0.15) is 5.10 Å². The third kappa shape index (κ3) is 3.95. The molecule has 28 heavy (non-hydrogen) atoms. The highest BCUT2D eigenvalue weighted by atomic mass is 16.3. The number of aromatic amines is 1. The van der Waals surface area contributed by atoms with Crippen LogP contribution in [0.2, 0.25) is 0 Å². The number of rotatable bonds is 4. The number of hydrogen-bond donors (Lipinski definition) is 2. The van der Waals surface area contributed by atoms with Crippen LogP contribution in [0, 0.1) is 12.8 Å². The molecule has 8 nitrogen and oxygen atoms in total. The van der Waals surface area contributed by atoms with E-state index in [1.54, 1.807) is 13.1 Å². The number of hydrogen-bond acceptors (Lipinski definition) is 5. The number of piperidine rings is 1. The maximum atomic E-state index is 12.9. The molecule has 2 fully saturated rings. The molecule has 150 valence electrons. The number of H-pyrrole nitrogens is 1. The molecule has 3 heterocycles. The van der Waals surface area contributed by atoms with Gasteiger partial charge in [0.05, 0.1) is 0 Å². The first-order valence-corrected chi connectivity index (χ1v) is 10.1. The number of nitrogens with one attached hydrogen (secondary N) is 2. The zero-order chi connectivity index (χ0) is 19.5. The smallest absolute Gasteiger partial charge is 0.273 e. The van der Waals surface area contributed by atoms with Gasteiger partial charge in [-0.25, -0.2) is 4.98 Å². The first-order chi connectivity index (χ1) is 13.6. The van der Waals surface area contributed by atoms with E-state index in [0.29, 0.717) is 17.4 Å². The molecular weight excluding hydrogens is 358 g/mol. The summed E-state index contributed by atoms with van der Waals surface area (Å²) in [6.07, 6.45) is 8.33. The number of amides is 2. The van der Waals surface area contributed by atoms with E-state index in [9.17, 15) is 9.59 Å². The minimum absolute atomic E-state index is 0.0747. The Balaban J connectivity index is 1.23. The molecule has 2 aromatic rings. The molecule has 1 saturated carbocycles. The quantitative estimate of drug-likeness (QED) is 0.841. The van der Waals surface area contributed by atoms with Crippen LogP contribution in [0.1, 0.15) is 66.4 Å². The van der Waals surface area contributed by atoms with Crippen LogP contribution < -0.4 is 5.32 Å². The summed E-state index contributed by atoms with van der Waals surface area (Å²) in [6.45, 7) is 3.35. The van der Waals surface area contributed by atoms with Crippen LogP contribution in [0.25, 0.3) is 0 Å². The molecule has 0 aromatic carbocycles. The SMILES string of the molecule is Cc1ocnc1C(=O)NC1CCC(C(=O)N2CCC(c3ccn[nH]3)CC2)CC1. The molecule has 1 saturated heterocycles. The standard InChI is InChI=1S/C20H27N5O3/c1-13-18(21-12-28-13)19(26)23-16-4-2-15(3-5-16)20(27)25-10-7-14(8-11-25)17-6-9-22-24-17/h6,9,12,14-16H,2-5,7-8,10-11H2,1H3,(H,22,24)(H,23,26). The summed E-state index contributed by atoms with van der Waals surface area (Å²) in [5.41, 5.74) is 1.52. The van der Waals surface area contributed by atoms with E-state index in [1.807, 2.05) is 11.0 Å². The fourth-order valence-electron chi connectivity index (χ4n) is 4.42. The van der Waals surface area contributed by atoms with Crippen LogP contribution in [0.3, 0.4) is 0 Å². The van der Waals surface area contributed by atoms with Crippen molar-refractivity contribution in [2.24, 2.45) is 5.92 Å². The highest BCUT2D eigenvalue weighted by Gasteiger charge is 2.32. The Bertz CT molecular complexity index is 800. The van der Waals surface area contributed by atoms with Gasteiger partial charge in [0.15, 0.2) is 12.1 Å². The molecule has 2 aliphatic rings. The number of likely N-dealkylation sites (tertiary alicyclic amines) is 1. The summed E-state index contributed by atoms with van der Waals surface area (Å²) in [4.78, 5) is 31.2. The van der Waals surface area contributed by atoms with Crippen molar-refractivity contribution < 1.29 is 14.0 Å². The van der Waals surface area contributed by atoms with Gasteiger partial charge in [-0.05, 0) is 51.5 Å². The van der Waals surface area contributed by atoms with E-state index in [0.717, 1.165) is 51.6 Å². The molecular formula is C20H27N5O3. The van der Waals surface area contributed by atoms with Crippen LogP contribution in [0.15, 0.2) is 23.1 Å². The Kier molecular flexibility index (Phi) is 5.45. The van der Waals surface area contributed by atoms with Gasteiger partial charge in [-0.15, -0.1) is 0 Å². The van der Waals surface area contributed by atoms with Crippen LogP contribution in [0.5, 0.6) is 0 Å². The van der Waals surface area contributed by atoms with Crippen molar-refractivity contribution in [3.05, 3.63) is 35.8 Å². The van der Waals surface area contributed by atoms with Crippen molar-refractivity contribution in [1.29, 1.82) is 0 Å². The summed E-state index contributed by atoms with van der Waals surface area (Å²) in [6, 6.07) is 2.12. The monoisotopic (exact) mass is 385 g/mol. The summed E-state index contributed by atoms with van der Waals surface area (Å²) in [5, 5.41) is 10.1. The summed E-state index contributed by atoms with van der Waals surface area (Å²) in [5.74, 6) is 1.16. The molecule has 8 heteroatoms. The fourth-order valence-corrected chi connectivity index (χ4v) is 4.42. The predicted molar refractivity (Wildman–Crippen MR) is 102 cm³/mol. The molecule has 4 rings (SSSR count). The maximum absolute atomic E-state index is 12.9. The van der Waals surface area contributed by atoms with Gasteiger partial charge in [-0.1, -0.05) is 0 Å². The highest BCUT2D eigenvalue weighted by Crippen LogP contribution is 2.30. The fraction of sp³-hybridized carbons (Fsp3) is 0.600. The number of nitrogens with zero attached hydrogens (tertiary/aromatic N) is 3. The van der Waals surface area contributed by atoms with E-state index < -0.39 is 0 Å². The van der Waals surface area contributed by atoms with Gasteiger partial charge < -0.3 is 14.6 Å². The van der Waals surface area contributed by atoms with E-state index in [4.69, 9.17) is 4.42 Å². The Morgan fingerprint density at radius 1 is 1.18 bits per heavy atom. The Morgan fingerprint density at radius 2 is 1.93 bits per heavy atom. The zero-order valence-electron chi connectivity index (χ0n) is 16.2. The molecule has 0 radical (unpaired) electrons. The van der Waals surface area contributed by atoms with Crippen molar-refractivity contribution in [2.75, 3.05) is 13.1 Å². The number of aromatic nitrogens is 3. The molecule has 0 spiro atoms. The van der Waals surface area contributed by atoms with Crippen LogP contribution in [-0.4, -0.2) is 51.0 Å². The van der Waals surface area contributed by atoms with E-state index in [1.165, 1.54) is 12.1 Å². The lowest BCUT2D eigenvalue weighted by Gasteiger charge is -2.36. The molecule has 2 aromatic heterocycles. The van der Waals surface area contributed by atoms with Crippen molar-refractivity contribution in [3.63, 3.8) is 0 Å². The van der Waals surface area contributed by atoms with Crippen molar-refractivity contribution in [2.45, 2.75) is 57.4 Å². The Hall–Kier alpha value is -2.64. The minimum atomic E-state index is -0.193. The van der Waals surface area contributed by atoms with Gasteiger partial charge in [0.25, 0.3) is 5.91 Å². The van der Waals surface area contributed by atoms with Gasteiger partial charge >= 0.3 is 0 Å². The zero-order valence-corrected chi connectivity index (χ0v) is 16.2. The maximum Gasteiger partial charge on any atom is 0.273 e. The predicted octanol–water partition coefficient (Wildman–Crippen LogP) is 2.40. The van der Waals surface area contributed by atoms with Crippen molar-refractivity contribution >= 4 is 11.8 Å². The largest absolute Gasteiger partial charge is 0.448 e. The van der Waals surface area contributed by atoms with E-state index in [-0.39, 0.29) is 23.8 Å². The summed E-state index contributed by atoms with van der Waals surface area (Å²) in [7, 11) is 0. The number of oxazole rings is 1. The lowest BCUT2D eigenvalue weighted by atomic mass is 9.84. The molecule has 1 aliphatic heterocycles. The Labute approximate surface area is 164 Å². The third-order valence-electron chi connectivity index (χ3n) is 6.14. The van der Waals surface area contributed by atoms with E-state index >= 15 is 0 Å². The molecule has 0 bridgehead atoms. The normalized spacial score (nSPS) is 23.5. The molecule has 1 aliphatic carbocycles. The van der Waals surface area contributed by atoms with Crippen molar-refractivity contribution in [1.82, 2.24) is 25.4 Å². The number of carbonyl (C=O) groups excluding carboxylic acids is 2. The molecule has 2 amide bonds. The number of carbonyl (C=O) groups is 2. The Morgan fingerprint density at radius 3 is 2.54 bits per heavy atom. The molecule has 2 N–H and O–H groups in total. The lowest BCUT2D eigenvalue weighted by Crippen LogP contribution is -2.44. The number of aryl methyl sites for hydroxylation is 1.